The molecule has 0 unspecified atom stereocenters. The van der Waals surface area contributed by atoms with Crippen LogP contribution >= 0.6 is 0 Å². The Labute approximate surface area is 198 Å². The van der Waals surface area contributed by atoms with Gasteiger partial charge in [-0.25, -0.2) is 14.4 Å². The predicted molar refractivity (Wildman–Crippen MR) is 129 cm³/mol. The van der Waals surface area contributed by atoms with E-state index in [4.69, 9.17) is 4.74 Å². The second kappa shape index (κ2) is 10.5. The minimum Gasteiger partial charge on any atom is -0.435 e. The van der Waals surface area contributed by atoms with Gasteiger partial charge in [0.15, 0.2) is 11.6 Å². The van der Waals surface area contributed by atoms with Gasteiger partial charge in [0.1, 0.15) is 11.4 Å². The number of hydrogen-bond donors (Lipinski definition) is 2. The molecule has 2 N–H and O–H groups in total. The van der Waals surface area contributed by atoms with E-state index in [0.29, 0.717) is 18.4 Å². The summed E-state index contributed by atoms with van der Waals surface area (Å²) in [6.07, 6.45) is 6.20. The van der Waals surface area contributed by atoms with Crippen LogP contribution in [0.2, 0.25) is 0 Å². The van der Waals surface area contributed by atoms with Gasteiger partial charge in [0.2, 0.25) is 11.8 Å². The fourth-order valence-corrected chi connectivity index (χ4v) is 4.14. The lowest BCUT2D eigenvalue weighted by Crippen LogP contribution is -2.29. The number of nitrogens with one attached hydrogen (secondary N) is 2. The number of pyridine rings is 1. The molecule has 34 heavy (non-hydrogen) atoms. The van der Waals surface area contributed by atoms with Crippen LogP contribution in [-0.2, 0) is 0 Å². The van der Waals surface area contributed by atoms with E-state index >= 15 is 0 Å². The van der Waals surface area contributed by atoms with Crippen molar-refractivity contribution in [1.82, 2.24) is 20.3 Å². The van der Waals surface area contributed by atoms with Crippen molar-refractivity contribution in [3.8, 4) is 11.6 Å². The molecule has 0 radical (unpaired) electrons. The number of carbonyl (C=O) groups is 1. The van der Waals surface area contributed by atoms with E-state index in [0.717, 1.165) is 30.6 Å². The van der Waals surface area contributed by atoms with Crippen molar-refractivity contribution in [2.45, 2.75) is 32.2 Å². The Morgan fingerprint density at radius 2 is 2.00 bits per heavy atom. The number of amides is 1. The number of hydrogen-bond acceptors (Lipinski definition) is 7. The van der Waals surface area contributed by atoms with Crippen LogP contribution in [0, 0.1) is 18.7 Å². The number of aryl methyl sites for hydroxylation is 1. The first kappa shape index (κ1) is 23.4. The number of rotatable bonds is 8. The summed E-state index contributed by atoms with van der Waals surface area (Å²) in [5.41, 5.74) is 1.29. The monoisotopic (exact) mass is 464 g/mol. The van der Waals surface area contributed by atoms with E-state index in [1.807, 2.05) is 32.1 Å². The van der Waals surface area contributed by atoms with Crippen LogP contribution in [0.25, 0.3) is 0 Å². The molecule has 0 saturated heterocycles. The van der Waals surface area contributed by atoms with E-state index in [2.05, 4.69) is 25.6 Å². The summed E-state index contributed by atoms with van der Waals surface area (Å²) in [6, 6.07) is 9.55. The Kier molecular flexibility index (Phi) is 7.20. The Morgan fingerprint density at radius 1 is 1.18 bits per heavy atom. The predicted octanol–water partition coefficient (Wildman–Crippen LogP) is 4.19. The Hall–Kier alpha value is -3.75. The molecule has 1 aliphatic rings. The molecule has 1 aliphatic carbocycles. The van der Waals surface area contributed by atoms with Crippen molar-refractivity contribution in [3.05, 3.63) is 65.7 Å². The van der Waals surface area contributed by atoms with Gasteiger partial charge in [-0.3, -0.25) is 4.79 Å². The zero-order valence-corrected chi connectivity index (χ0v) is 19.6. The van der Waals surface area contributed by atoms with Gasteiger partial charge >= 0.3 is 0 Å². The number of carbonyl (C=O) groups excluding carboxylic acids is 1. The second-order valence-corrected chi connectivity index (χ2v) is 8.71. The van der Waals surface area contributed by atoms with Crippen molar-refractivity contribution >= 4 is 17.7 Å². The number of ether oxygens (including phenoxy) is 1. The quantitative estimate of drug-likeness (QED) is 0.516. The average Bonchev–Trinajstić information content (AvgIpc) is 3.27. The molecule has 4 rings (SSSR count). The molecule has 8 nitrogen and oxygen atoms in total. The third kappa shape index (κ3) is 5.59. The normalized spacial score (nSPS) is 17.3. The Morgan fingerprint density at radius 3 is 2.79 bits per heavy atom. The number of anilines is 2. The van der Waals surface area contributed by atoms with Gasteiger partial charge in [0.05, 0.1) is 0 Å². The van der Waals surface area contributed by atoms with Gasteiger partial charge < -0.3 is 20.3 Å². The van der Waals surface area contributed by atoms with Crippen LogP contribution in [0.4, 0.5) is 16.2 Å². The SMILES string of the molecule is Cc1cnc(N[C@H]2CC[C@@H](CNC(=O)c3cccnc3Oc3ccccc3F)C2)nc1N(C)C. The molecular formula is C25H29FN6O2. The minimum absolute atomic E-state index is 0.0238. The molecule has 9 heteroatoms. The molecule has 1 amide bonds. The minimum atomic E-state index is -0.515. The maximum absolute atomic E-state index is 14.0. The lowest BCUT2D eigenvalue weighted by Gasteiger charge is -2.18. The van der Waals surface area contributed by atoms with E-state index in [9.17, 15) is 9.18 Å². The Balaban J connectivity index is 1.32. The summed E-state index contributed by atoms with van der Waals surface area (Å²) in [5.74, 6) is 1.12. The summed E-state index contributed by atoms with van der Waals surface area (Å²) in [5, 5.41) is 6.41. The largest absolute Gasteiger partial charge is 0.435 e. The summed E-state index contributed by atoms with van der Waals surface area (Å²) < 4.78 is 19.5. The van der Waals surface area contributed by atoms with Crippen LogP contribution in [0.15, 0.2) is 48.8 Å². The molecule has 0 bridgehead atoms. The van der Waals surface area contributed by atoms with E-state index in [-0.39, 0.29) is 29.1 Å². The number of nitrogens with zero attached hydrogens (tertiary/aromatic N) is 4. The first-order valence-electron chi connectivity index (χ1n) is 11.3. The molecule has 3 aromatic rings. The zero-order chi connectivity index (χ0) is 24.1. The van der Waals surface area contributed by atoms with Gasteiger partial charge in [-0.1, -0.05) is 12.1 Å². The second-order valence-electron chi connectivity index (χ2n) is 8.71. The fraction of sp³-hybridized carbons (Fsp3) is 0.360. The van der Waals surface area contributed by atoms with Crippen LogP contribution in [0.1, 0.15) is 35.2 Å². The maximum atomic E-state index is 14.0. The zero-order valence-electron chi connectivity index (χ0n) is 19.6. The van der Waals surface area contributed by atoms with E-state index in [1.165, 1.54) is 18.3 Å². The van der Waals surface area contributed by atoms with E-state index < -0.39 is 5.82 Å². The molecule has 1 aromatic carbocycles. The summed E-state index contributed by atoms with van der Waals surface area (Å²) >= 11 is 0. The third-order valence-electron chi connectivity index (χ3n) is 5.85. The summed E-state index contributed by atoms with van der Waals surface area (Å²) in [4.78, 5) is 27.9. The summed E-state index contributed by atoms with van der Waals surface area (Å²) in [7, 11) is 3.92. The molecule has 0 aliphatic heterocycles. The van der Waals surface area contributed by atoms with Gasteiger partial charge in [0, 0.05) is 44.6 Å². The highest BCUT2D eigenvalue weighted by molar-refractivity contribution is 5.96. The Bertz CT molecular complexity index is 1160. The van der Waals surface area contributed by atoms with Crippen LogP contribution in [0.3, 0.4) is 0 Å². The highest BCUT2D eigenvalue weighted by Crippen LogP contribution is 2.28. The first-order valence-corrected chi connectivity index (χ1v) is 11.3. The molecule has 2 atom stereocenters. The molecule has 2 aromatic heterocycles. The molecule has 178 valence electrons. The van der Waals surface area contributed by atoms with Crippen LogP contribution < -0.4 is 20.3 Å². The topological polar surface area (TPSA) is 92.3 Å². The molecule has 1 fully saturated rings. The number of halogens is 1. The van der Waals surface area contributed by atoms with Gasteiger partial charge in [-0.05, 0) is 56.4 Å². The number of benzene rings is 1. The van der Waals surface area contributed by atoms with Gasteiger partial charge in [-0.2, -0.15) is 4.98 Å². The van der Waals surface area contributed by atoms with Crippen molar-refractivity contribution < 1.29 is 13.9 Å². The highest BCUT2D eigenvalue weighted by Gasteiger charge is 2.26. The lowest BCUT2D eigenvalue weighted by atomic mass is 10.1. The van der Waals surface area contributed by atoms with Gasteiger partial charge in [0.25, 0.3) is 5.91 Å². The number of aromatic nitrogens is 3. The molecule has 2 heterocycles. The maximum Gasteiger partial charge on any atom is 0.256 e. The standard InChI is InChI=1S/C25H29FN6O2/c1-16-14-29-25(31-22(16)32(2)3)30-18-11-10-17(13-18)15-28-23(33)19-7-6-12-27-24(19)34-21-9-5-4-8-20(21)26/h4-9,12,14,17-18H,10-11,13,15H2,1-3H3,(H,28,33)(H,29,30,31)/t17-,18+/m1/s1. The molecule has 0 spiro atoms. The van der Waals surface area contributed by atoms with Gasteiger partial charge in [-0.15, -0.1) is 0 Å². The fourth-order valence-electron chi connectivity index (χ4n) is 4.14. The highest BCUT2D eigenvalue weighted by atomic mass is 19.1. The van der Waals surface area contributed by atoms with Crippen LogP contribution in [-0.4, -0.2) is 47.5 Å². The van der Waals surface area contributed by atoms with E-state index in [1.54, 1.807) is 24.3 Å². The van der Waals surface area contributed by atoms with Crippen molar-refractivity contribution in [2.24, 2.45) is 5.92 Å². The smallest absolute Gasteiger partial charge is 0.256 e. The first-order chi connectivity index (χ1) is 16.4. The van der Waals surface area contributed by atoms with Crippen molar-refractivity contribution in [3.63, 3.8) is 0 Å². The van der Waals surface area contributed by atoms with Crippen LogP contribution in [0.5, 0.6) is 11.6 Å². The summed E-state index contributed by atoms with van der Waals surface area (Å²) in [6.45, 7) is 2.52. The molecular weight excluding hydrogens is 435 g/mol. The average molecular weight is 465 g/mol. The third-order valence-corrected chi connectivity index (χ3v) is 5.85. The lowest BCUT2D eigenvalue weighted by molar-refractivity contribution is 0.0944. The van der Waals surface area contributed by atoms with Crippen molar-refractivity contribution in [1.29, 1.82) is 0 Å². The number of para-hydroxylation sites is 1. The molecule has 1 saturated carbocycles. The van der Waals surface area contributed by atoms with Crippen molar-refractivity contribution in [2.75, 3.05) is 30.9 Å².